The molecule has 3 saturated carbocycles. The van der Waals surface area contributed by atoms with Gasteiger partial charge in [0.05, 0.1) is 0 Å². The molecule has 3 aliphatic carbocycles. The fourth-order valence-electron chi connectivity index (χ4n) is 3.19. The summed E-state index contributed by atoms with van der Waals surface area (Å²) in [6, 6.07) is 0.520. The molecule has 3 atom stereocenters. The van der Waals surface area contributed by atoms with Crippen LogP contribution in [0.2, 0.25) is 0 Å². The summed E-state index contributed by atoms with van der Waals surface area (Å²) in [7, 11) is 0. The van der Waals surface area contributed by atoms with Gasteiger partial charge in [-0.1, -0.05) is 6.42 Å². The van der Waals surface area contributed by atoms with Gasteiger partial charge >= 0.3 is 0 Å². The zero-order valence-corrected chi connectivity index (χ0v) is 10.7. The molecule has 4 nitrogen and oxygen atoms in total. The third kappa shape index (κ3) is 2.54. The zero-order chi connectivity index (χ0) is 11.8. The molecule has 3 fully saturated rings. The molecule has 0 aromatic rings. The minimum absolute atomic E-state index is 0.0714. The van der Waals surface area contributed by atoms with Gasteiger partial charge in [-0.05, 0) is 56.2 Å². The van der Waals surface area contributed by atoms with Crippen LogP contribution in [-0.2, 0) is 4.79 Å². The van der Waals surface area contributed by atoms with Crippen molar-refractivity contribution in [1.82, 2.24) is 16.2 Å². The van der Waals surface area contributed by atoms with E-state index in [4.69, 9.17) is 12.2 Å². The monoisotopic (exact) mass is 253 g/mol. The first kappa shape index (κ1) is 11.3. The largest absolute Gasteiger partial charge is 0.358 e. The van der Waals surface area contributed by atoms with Gasteiger partial charge in [-0.3, -0.25) is 15.6 Å². The van der Waals surface area contributed by atoms with Crippen molar-refractivity contribution in [2.45, 2.75) is 44.6 Å². The fourth-order valence-corrected chi connectivity index (χ4v) is 3.39. The predicted molar refractivity (Wildman–Crippen MR) is 69.0 cm³/mol. The predicted octanol–water partition coefficient (Wildman–Crippen LogP) is 1.08. The average molecular weight is 253 g/mol. The highest BCUT2D eigenvalue weighted by Gasteiger charge is 2.39. The maximum absolute atomic E-state index is 11.4. The number of hydrogen-bond donors (Lipinski definition) is 3. The fraction of sp³-hybridized carbons (Fsp3) is 0.833. The third-order valence-electron chi connectivity index (χ3n) is 4.30. The molecule has 3 N–H and O–H groups in total. The molecule has 94 valence electrons. The Balaban J connectivity index is 1.39. The van der Waals surface area contributed by atoms with Crippen molar-refractivity contribution < 1.29 is 4.79 Å². The summed E-state index contributed by atoms with van der Waals surface area (Å²) in [5.41, 5.74) is 5.48. The highest BCUT2D eigenvalue weighted by molar-refractivity contribution is 7.80. The molecule has 0 saturated heterocycles. The lowest BCUT2D eigenvalue weighted by Crippen LogP contribution is -2.51. The summed E-state index contributed by atoms with van der Waals surface area (Å²) >= 11 is 5.19. The van der Waals surface area contributed by atoms with Crippen LogP contribution in [0, 0.1) is 17.8 Å². The molecule has 0 aromatic carbocycles. The number of fused-ring (bicyclic) bond motifs is 2. The van der Waals surface area contributed by atoms with E-state index in [9.17, 15) is 4.79 Å². The molecule has 0 heterocycles. The van der Waals surface area contributed by atoms with Crippen LogP contribution in [0.1, 0.15) is 38.5 Å². The molecule has 0 unspecified atom stereocenters. The van der Waals surface area contributed by atoms with Gasteiger partial charge in [0.1, 0.15) is 0 Å². The summed E-state index contributed by atoms with van der Waals surface area (Å²) in [6.45, 7) is 0. The number of thiocarbonyl (C=S) groups is 1. The van der Waals surface area contributed by atoms with Gasteiger partial charge in [0, 0.05) is 12.0 Å². The van der Waals surface area contributed by atoms with E-state index in [-0.39, 0.29) is 11.8 Å². The molecule has 0 radical (unpaired) electrons. The van der Waals surface area contributed by atoms with Crippen molar-refractivity contribution >= 4 is 23.2 Å². The number of rotatable bonds is 2. The first-order chi connectivity index (χ1) is 8.22. The maximum atomic E-state index is 11.4. The Labute approximate surface area is 107 Å². The average Bonchev–Trinajstić information content (AvgIpc) is 2.97. The van der Waals surface area contributed by atoms with Crippen molar-refractivity contribution in [3.8, 4) is 0 Å². The third-order valence-corrected chi connectivity index (χ3v) is 4.52. The molecule has 0 aromatic heterocycles. The molecule has 1 amide bonds. The van der Waals surface area contributed by atoms with E-state index in [1.165, 1.54) is 25.7 Å². The van der Waals surface area contributed by atoms with Crippen LogP contribution >= 0.6 is 12.2 Å². The first-order valence-electron chi connectivity index (χ1n) is 6.58. The van der Waals surface area contributed by atoms with Gasteiger partial charge in [0.2, 0.25) is 5.91 Å². The van der Waals surface area contributed by atoms with Gasteiger partial charge in [0.15, 0.2) is 5.11 Å². The SMILES string of the molecule is O=C(NNC(=S)N[C@H]1C[C@@H]2CC[C@H]1C2)C1CC1. The molecule has 0 aliphatic heterocycles. The topological polar surface area (TPSA) is 53.2 Å². The smallest absolute Gasteiger partial charge is 0.241 e. The number of carbonyl (C=O) groups excluding carboxylic acids is 1. The second kappa shape index (κ2) is 4.44. The lowest BCUT2D eigenvalue weighted by Gasteiger charge is -2.24. The molecule has 3 rings (SSSR count). The normalized spacial score (nSPS) is 34.5. The Kier molecular flexibility index (Phi) is 2.94. The second-order valence-electron chi connectivity index (χ2n) is 5.64. The van der Waals surface area contributed by atoms with Crippen molar-refractivity contribution in [3.05, 3.63) is 0 Å². The molecular formula is C12H19N3OS. The van der Waals surface area contributed by atoms with E-state index in [0.717, 1.165) is 24.7 Å². The molecule has 0 spiro atoms. The van der Waals surface area contributed by atoms with Crippen LogP contribution in [0.5, 0.6) is 0 Å². The van der Waals surface area contributed by atoms with Crippen LogP contribution in [-0.4, -0.2) is 17.1 Å². The molecule has 5 heteroatoms. The van der Waals surface area contributed by atoms with Crippen molar-refractivity contribution in [3.63, 3.8) is 0 Å². The number of nitrogens with one attached hydrogen (secondary N) is 3. The van der Waals surface area contributed by atoms with Gasteiger partial charge in [-0.15, -0.1) is 0 Å². The minimum atomic E-state index is 0.0714. The number of hydrogen-bond acceptors (Lipinski definition) is 2. The van der Waals surface area contributed by atoms with E-state index in [1.807, 2.05) is 0 Å². The quantitative estimate of drug-likeness (QED) is 0.509. The van der Waals surface area contributed by atoms with Gasteiger partial charge in [-0.2, -0.15) is 0 Å². The molecule has 3 aliphatic rings. The zero-order valence-electron chi connectivity index (χ0n) is 9.87. The summed E-state index contributed by atoms with van der Waals surface area (Å²) in [4.78, 5) is 11.4. The van der Waals surface area contributed by atoms with Gasteiger partial charge in [-0.25, -0.2) is 0 Å². The lowest BCUT2D eigenvalue weighted by molar-refractivity contribution is -0.122. The molecular weight excluding hydrogens is 234 g/mol. The van der Waals surface area contributed by atoms with Gasteiger partial charge in [0.25, 0.3) is 0 Å². The highest BCUT2D eigenvalue weighted by Crippen LogP contribution is 2.44. The molecule has 2 bridgehead atoms. The second-order valence-corrected chi connectivity index (χ2v) is 6.05. The van der Waals surface area contributed by atoms with Crippen LogP contribution in [0.3, 0.4) is 0 Å². The number of hydrazine groups is 1. The molecule has 17 heavy (non-hydrogen) atoms. The van der Waals surface area contributed by atoms with E-state index in [2.05, 4.69) is 16.2 Å². The van der Waals surface area contributed by atoms with Crippen LogP contribution in [0.25, 0.3) is 0 Å². The van der Waals surface area contributed by atoms with E-state index >= 15 is 0 Å². The van der Waals surface area contributed by atoms with Crippen molar-refractivity contribution in [2.24, 2.45) is 17.8 Å². The Morgan fingerprint density at radius 3 is 2.47 bits per heavy atom. The van der Waals surface area contributed by atoms with Crippen molar-refractivity contribution in [2.75, 3.05) is 0 Å². The van der Waals surface area contributed by atoms with Crippen LogP contribution < -0.4 is 16.2 Å². The maximum Gasteiger partial charge on any atom is 0.241 e. The Hall–Kier alpha value is -0.840. The van der Waals surface area contributed by atoms with E-state index < -0.39 is 0 Å². The Morgan fingerprint density at radius 1 is 1.06 bits per heavy atom. The lowest BCUT2D eigenvalue weighted by atomic mass is 9.96. The van der Waals surface area contributed by atoms with Gasteiger partial charge < -0.3 is 5.32 Å². The number of amides is 1. The summed E-state index contributed by atoms with van der Waals surface area (Å²) in [5, 5.41) is 3.90. The van der Waals surface area contributed by atoms with Crippen LogP contribution in [0.15, 0.2) is 0 Å². The van der Waals surface area contributed by atoms with Crippen molar-refractivity contribution in [1.29, 1.82) is 0 Å². The van der Waals surface area contributed by atoms with Crippen LogP contribution in [0.4, 0.5) is 0 Å². The summed E-state index contributed by atoms with van der Waals surface area (Å²) in [5.74, 6) is 1.98. The Bertz CT molecular complexity index is 343. The Morgan fingerprint density at radius 2 is 1.88 bits per heavy atom. The summed E-state index contributed by atoms with van der Waals surface area (Å²) < 4.78 is 0. The first-order valence-corrected chi connectivity index (χ1v) is 6.99. The summed E-state index contributed by atoms with van der Waals surface area (Å²) in [6.07, 6.45) is 7.35. The van der Waals surface area contributed by atoms with E-state index in [1.54, 1.807) is 0 Å². The van der Waals surface area contributed by atoms with E-state index in [0.29, 0.717) is 11.2 Å². The minimum Gasteiger partial charge on any atom is -0.358 e. The number of carbonyl (C=O) groups is 1. The standard InChI is InChI=1S/C12H19N3OS/c16-11(8-3-4-8)14-15-12(17)13-10-6-7-1-2-9(10)5-7/h7-10H,1-6H2,(H,14,16)(H2,13,15,17)/t7-,9+,10+/m1/s1. The highest BCUT2D eigenvalue weighted by atomic mass is 32.1.